The molecule has 1 saturated heterocycles. The molecule has 1 aromatic carbocycles. The van der Waals surface area contributed by atoms with Crippen LogP contribution in [0.4, 0.5) is 10.8 Å². The van der Waals surface area contributed by atoms with E-state index in [1.807, 2.05) is 24.3 Å². The highest BCUT2D eigenvalue weighted by atomic mass is 16.4. The normalized spacial score (nSPS) is 19.2. The Morgan fingerprint density at radius 1 is 1.50 bits per heavy atom. The fraction of sp³-hybridized carbons (Fsp3) is 0.429. The summed E-state index contributed by atoms with van der Waals surface area (Å²) in [6, 6.07) is 7.94. The number of anilines is 1. The van der Waals surface area contributed by atoms with Crippen LogP contribution in [-0.2, 0) is 0 Å². The van der Waals surface area contributed by atoms with Crippen molar-refractivity contribution in [2.24, 2.45) is 11.7 Å². The fourth-order valence-electron chi connectivity index (χ4n) is 2.65. The zero-order valence-electron chi connectivity index (χ0n) is 11.2. The Morgan fingerprint density at radius 3 is 3.15 bits per heavy atom. The molecule has 2 heterocycles. The molecule has 3 N–H and O–H groups in total. The molecule has 2 amide bonds. The molecule has 106 valence electrons. The molecular formula is C14H18N4O2. The summed E-state index contributed by atoms with van der Waals surface area (Å²) in [5.74, 6) is 0.381. The summed E-state index contributed by atoms with van der Waals surface area (Å²) >= 11 is 0. The second-order valence-electron chi connectivity index (χ2n) is 5.16. The lowest BCUT2D eigenvalue weighted by molar-refractivity contribution is 0.245. The molecule has 0 radical (unpaired) electrons. The number of benzene rings is 1. The topological polar surface area (TPSA) is 84.4 Å². The molecular weight excluding hydrogens is 256 g/mol. The third kappa shape index (κ3) is 2.68. The Morgan fingerprint density at radius 2 is 2.35 bits per heavy atom. The largest absolute Gasteiger partial charge is 0.423 e. The van der Waals surface area contributed by atoms with Crippen LogP contribution in [0.15, 0.2) is 28.7 Å². The van der Waals surface area contributed by atoms with Crippen LogP contribution in [0.1, 0.15) is 12.8 Å². The van der Waals surface area contributed by atoms with Gasteiger partial charge in [0.15, 0.2) is 5.58 Å². The zero-order chi connectivity index (χ0) is 13.9. The summed E-state index contributed by atoms with van der Waals surface area (Å²) in [4.78, 5) is 17.4. The summed E-state index contributed by atoms with van der Waals surface area (Å²) in [7, 11) is 0. The van der Waals surface area contributed by atoms with Crippen molar-refractivity contribution in [3.05, 3.63) is 24.3 Å². The lowest BCUT2D eigenvalue weighted by atomic mass is 9.98. The minimum Gasteiger partial charge on any atom is -0.423 e. The molecule has 0 saturated carbocycles. The first-order valence-electron chi connectivity index (χ1n) is 6.86. The maximum absolute atomic E-state index is 10.8. The number of hydrogen-bond acceptors (Lipinski definition) is 4. The third-order valence-electron chi connectivity index (χ3n) is 3.64. The fourth-order valence-corrected chi connectivity index (χ4v) is 2.65. The van der Waals surface area contributed by atoms with Gasteiger partial charge in [0.25, 0.3) is 6.01 Å². The van der Waals surface area contributed by atoms with E-state index in [0.29, 0.717) is 18.5 Å². The Labute approximate surface area is 116 Å². The van der Waals surface area contributed by atoms with E-state index in [1.165, 1.54) is 0 Å². The van der Waals surface area contributed by atoms with E-state index in [4.69, 9.17) is 10.2 Å². The Kier molecular flexibility index (Phi) is 3.45. The molecule has 1 fully saturated rings. The van der Waals surface area contributed by atoms with Gasteiger partial charge in [0, 0.05) is 19.6 Å². The van der Waals surface area contributed by atoms with Crippen molar-refractivity contribution in [3.8, 4) is 0 Å². The van der Waals surface area contributed by atoms with Gasteiger partial charge in [0.2, 0.25) is 0 Å². The van der Waals surface area contributed by atoms with Crippen LogP contribution < -0.4 is 16.0 Å². The lowest BCUT2D eigenvalue weighted by Gasteiger charge is -2.31. The first kappa shape index (κ1) is 12.8. The quantitative estimate of drug-likeness (QED) is 0.892. The molecule has 2 aromatic rings. The van der Waals surface area contributed by atoms with Crippen molar-refractivity contribution in [3.63, 3.8) is 0 Å². The number of nitrogens with one attached hydrogen (secondary N) is 1. The lowest BCUT2D eigenvalue weighted by Crippen LogP contribution is -2.42. The number of piperidine rings is 1. The number of carbonyl (C=O) groups is 1. The summed E-state index contributed by atoms with van der Waals surface area (Å²) in [6.45, 7) is 2.36. The van der Waals surface area contributed by atoms with Crippen LogP contribution in [0.5, 0.6) is 0 Å². The molecule has 6 heteroatoms. The Bertz CT molecular complexity index is 577. The highest BCUT2D eigenvalue weighted by Crippen LogP contribution is 2.25. The number of nitrogens with two attached hydrogens (primary N) is 1. The van der Waals surface area contributed by atoms with E-state index >= 15 is 0 Å². The van der Waals surface area contributed by atoms with Crippen molar-refractivity contribution in [1.29, 1.82) is 0 Å². The summed E-state index contributed by atoms with van der Waals surface area (Å²) in [5, 5.41) is 2.67. The van der Waals surface area contributed by atoms with Gasteiger partial charge in [0.1, 0.15) is 5.52 Å². The van der Waals surface area contributed by atoms with Crippen molar-refractivity contribution in [2.45, 2.75) is 12.8 Å². The molecule has 1 aliphatic rings. The highest BCUT2D eigenvalue weighted by molar-refractivity contribution is 5.74. The van der Waals surface area contributed by atoms with Gasteiger partial charge in [-0.05, 0) is 30.9 Å². The van der Waals surface area contributed by atoms with Gasteiger partial charge in [-0.1, -0.05) is 12.1 Å². The number of rotatable bonds is 3. The molecule has 0 spiro atoms. The number of hydrogen-bond donors (Lipinski definition) is 2. The van der Waals surface area contributed by atoms with Crippen molar-refractivity contribution in [2.75, 3.05) is 24.5 Å². The van der Waals surface area contributed by atoms with Crippen LogP contribution in [0.25, 0.3) is 11.1 Å². The maximum Gasteiger partial charge on any atom is 0.312 e. The molecule has 1 aliphatic heterocycles. The van der Waals surface area contributed by atoms with Crippen LogP contribution in [0, 0.1) is 5.92 Å². The number of carbonyl (C=O) groups excluding carboxylic acids is 1. The number of fused-ring (bicyclic) bond motifs is 1. The average molecular weight is 274 g/mol. The van der Waals surface area contributed by atoms with E-state index in [9.17, 15) is 4.79 Å². The van der Waals surface area contributed by atoms with E-state index in [2.05, 4.69) is 15.2 Å². The second kappa shape index (κ2) is 5.40. The molecule has 0 aliphatic carbocycles. The number of aromatic nitrogens is 1. The van der Waals surface area contributed by atoms with E-state index in [-0.39, 0.29) is 0 Å². The molecule has 6 nitrogen and oxygen atoms in total. The number of oxazole rings is 1. The van der Waals surface area contributed by atoms with Crippen LogP contribution in [0.3, 0.4) is 0 Å². The van der Waals surface area contributed by atoms with Gasteiger partial charge in [-0.2, -0.15) is 4.98 Å². The van der Waals surface area contributed by atoms with Crippen molar-refractivity contribution < 1.29 is 9.21 Å². The average Bonchev–Trinajstić information content (AvgIpc) is 2.89. The summed E-state index contributed by atoms with van der Waals surface area (Å²) in [5.41, 5.74) is 6.79. The Balaban J connectivity index is 1.71. The Hall–Kier alpha value is -2.24. The van der Waals surface area contributed by atoms with Crippen LogP contribution in [-0.4, -0.2) is 30.6 Å². The van der Waals surface area contributed by atoms with E-state index in [1.54, 1.807) is 0 Å². The molecule has 1 atom stereocenters. The van der Waals surface area contributed by atoms with Gasteiger partial charge in [-0.3, -0.25) is 0 Å². The molecule has 0 unspecified atom stereocenters. The molecule has 3 rings (SSSR count). The SMILES string of the molecule is NC(=O)NC[C@@H]1CCCN(c2nc3ccccc3o2)C1. The second-order valence-corrected chi connectivity index (χ2v) is 5.16. The predicted octanol–water partition coefficient (Wildman–Crippen LogP) is 1.71. The highest BCUT2D eigenvalue weighted by Gasteiger charge is 2.23. The van der Waals surface area contributed by atoms with Gasteiger partial charge in [-0.15, -0.1) is 0 Å². The standard InChI is InChI=1S/C14H18N4O2/c15-13(19)16-8-10-4-3-7-18(9-10)14-17-11-5-1-2-6-12(11)20-14/h1-2,5-6,10H,3-4,7-9H2,(H3,15,16,19)/t10-/m0/s1. The maximum atomic E-state index is 10.8. The van der Waals surface area contributed by atoms with Gasteiger partial charge >= 0.3 is 6.03 Å². The van der Waals surface area contributed by atoms with Crippen molar-refractivity contribution >= 4 is 23.1 Å². The van der Waals surface area contributed by atoms with Gasteiger partial charge in [-0.25, -0.2) is 4.79 Å². The third-order valence-corrected chi connectivity index (χ3v) is 3.64. The van der Waals surface area contributed by atoms with Gasteiger partial charge < -0.3 is 20.4 Å². The first-order chi connectivity index (χ1) is 9.72. The first-order valence-corrected chi connectivity index (χ1v) is 6.86. The number of urea groups is 1. The summed E-state index contributed by atoms with van der Waals surface area (Å²) < 4.78 is 5.78. The molecule has 1 aromatic heterocycles. The van der Waals surface area contributed by atoms with E-state index < -0.39 is 6.03 Å². The number of para-hydroxylation sites is 2. The van der Waals surface area contributed by atoms with Crippen LogP contribution >= 0.6 is 0 Å². The smallest absolute Gasteiger partial charge is 0.312 e. The monoisotopic (exact) mass is 274 g/mol. The zero-order valence-corrected chi connectivity index (χ0v) is 11.2. The number of amides is 2. The van der Waals surface area contributed by atoms with E-state index in [0.717, 1.165) is 37.0 Å². The predicted molar refractivity (Wildman–Crippen MR) is 76.5 cm³/mol. The summed E-state index contributed by atoms with van der Waals surface area (Å²) in [6.07, 6.45) is 2.14. The number of primary amides is 1. The molecule has 0 bridgehead atoms. The van der Waals surface area contributed by atoms with Gasteiger partial charge in [0.05, 0.1) is 0 Å². The minimum atomic E-state index is -0.469. The minimum absolute atomic E-state index is 0.381. The van der Waals surface area contributed by atoms with Crippen molar-refractivity contribution in [1.82, 2.24) is 10.3 Å². The molecule has 20 heavy (non-hydrogen) atoms. The number of nitrogens with zero attached hydrogens (tertiary/aromatic N) is 2. The van der Waals surface area contributed by atoms with Crippen LogP contribution in [0.2, 0.25) is 0 Å².